The summed E-state index contributed by atoms with van der Waals surface area (Å²) in [7, 11) is -4.49. The Morgan fingerprint density at radius 1 is 1.21 bits per heavy atom. The van der Waals surface area contributed by atoms with E-state index in [2.05, 4.69) is 6.58 Å². The van der Waals surface area contributed by atoms with E-state index >= 15 is 0 Å². The third-order valence-corrected chi connectivity index (χ3v) is 7.53. The van der Waals surface area contributed by atoms with Crippen LogP contribution in [-0.4, -0.2) is 30.3 Å². The quantitative estimate of drug-likeness (QED) is 0.257. The van der Waals surface area contributed by atoms with Crippen molar-refractivity contribution >= 4 is 21.7 Å². The van der Waals surface area contributed by atoms with Crippen molar-refractivity contribution in [2.45, 2.75) is 83.5 Å². The standard InChI is InChI=1S/C25H35NO6S/c1-6-7-8-9-18-14-21(28)23(20-12-16(4)10-11-19(20)15(2)3)24(30)25(18)33(31,32)26-22(29)13-17(5)27/h12,14,19-20,28,30H,2,6-11,13H2,1,3-5H3,(H,26,29). The van der Waals surface area contributed by atoms with Crippen LogP contribution in [0, 0.1) is 5.92 Å². The Bertz CT molecular complexity index is 1070. The van der Waals surface area contributed by atoms with Crippen molar-refractivity contribution in [2.24, 2.45) is 5.92 Å². The minimum Gasteiger partial charge on any atom is -0.507 e. The number of benzene rings is 1. The molecule has 1 aliphatic carbocycles. The summed E-state index contributed by atoms with van der Waals surface area (Å²) in [4.78, 5) is 23.0. The van der Waals surface area contributed by atoms with Gasteiger partial charge in [-0.2, -0.15) is 0 Å². The smallest absolute Gasteiger partial charge is 0.268 e. The van der Waals surface area contributed by atoms with E-state index in [0.717, 1.165) is 36.8 Å². The summed E-state index contributed by atoms with van der Waals surface area (Å²) in [5, 5.41) is 22.2. The van der Waals surface area contributed by atoms with Crippen molar-refractivity contribution in [3.63, 3.8) is 0 Å². The molecule has 2 unspecified atom stereocenters. The first-order valence-electron chi connectivity index (χ1n) is 11.3. The Balaban J connectivity index is 2.69. The highest BCUT2D eigenvalue weighted by molar-refractivity contribution is 7.90. The van der Waals surface area contributed by atoms with E-state index in [1.807, 2.05) is 31.6 Å². The molecular formula is C25H35NO6S. The lowest BCUT2D eigenvalue weighted by Gasteiger charge is -2.32. The average molecular weight is 478 g/mol. The molecule has 0 saturated carbocycles. The van der Waals surface area contributed by atoms with Gasteiger partial charge in [0.25, 0.3) is 10.0 Å². The molecule has 1 aromatic rings. The molecule has 0 radical (unpaired) electrons. The van der Waals surface area contributed by atoms with E-state index in [0.29, 0.717) is 12.8 Å². The highest BCUT2D eigenvalue weighted by Crippen LogP contribution is 2.49. The highest BCUT2D eigenvalue weighted by atomic mass is 32.2. The number of aryl methyl sites for hydroxylation is 1. The maximum absolute atomic E-state index is 13.2. The van der Waals surface area contributed by atoms with Gasteiger partial charge in [-0.15, -0.1) is 0 Å². The molecule has 1 amide bonds. The Morgan fingerprint density at radius 2 is 1.88 bits per heavy atom. The second kappa shape index (κ2) is 11.0. The van der Waals surface area contributed by atoms with Crippen molar-refractivity contribution in [3.05, 3.63) is 41.0 Å². The fraction of sp³-hybridized carbons (Fsp3) is 0.520. The molecule has 2 rings (SSSR count). The maximum atomic E-state index is 13.2. The summed E-state index contributed by atoms with van der Waals surface area (Å²) in [6.07, 6.45) is 5.64. The van der Waals surface area contributed by atoms with Crippen LogP contribution in [-0.2, 0) is 26.0 Å². The molecule has 0 spiro atoms. The predicted octanol–water partition coefficient (Wildman–Crippen LogP) is 4.63. The lowest BCUT2D eigenvalue weighted by Crippen LogP contribution is -2.32. The second-order valence-corrected chi connectivity index (χ2v) is 10.7. The third-order valence-electron chi connectivity index (χ3n) is 6.04. The van der Waals surface area contributed by atoms with Crippen LogP contribution in [0.15, 0.2) is 34.8 Å². The first kappa shape index (κ1) is 26.6. The molecule has 182 valence electrons. The van der Waals surface area contributed by atoms with Crippen LogP contribution in [0.1, 0.15) is 83.3 Å². The number of carbonyl (C=O) groups excluding carboxylic acids is 2. The number of hydrogen-bond donors (Lipinski definition) is 3. The van der Waals surface area contributed by atoms with Gasteiger partial charge in [-0.05, 0) is 64.0 Å². The predicted molar refractivity (Wildman–Crippen MR) is 128 cm³/mol. The molecule has 0 aromatic heterocycles. The first-order chi connectivity index (χ1) is 15.4. The van der Waals surface area contributed by atoms with Gasteiger partial charge in [0.05, 0.1) is 6.42 Å². The van der Waals surface area contributed by atoms with E-state index in [-0.39, 0.29) is 22.8 Å². The number of aromatic hydroxyl groups is 2. The number of sulfonamides is 1. The molecule has 0 fully saturated rings. The largest absolute Gasteiger partial charge is 0.507 e. The topological polar surface area (TPSA) is 121 Å². The number of nitrogens with one attached hydrogen (secondary N) is 1. The van der Waals surface area contributed by atoms with E-state index in [1.54, 1.807) is 0 Å². The number of unbranched alkanes of at least 4 members (excludes halogenated alkanes) is 2. The van der Waals surface area contributed by atoms with E-state index in [9.17, 15) is 28.2 Å². The summed E-state index contributed by atoms with van der Waals surface area (Å²) >= 11 is 0. The van der Waals surface area contributed by atoms with Crippen molar-refractivity contribution in [2.75, 3.05) is 0 Å². The number of phenols is 2. The number of phenolic OH excluding ortho intramolecular Hbond substituents is 2. The normalized spacial score (nSPS) is 18.5. The lowest BCUT2D eigenvalue weighted by atomic mass is 9.73. The van der Waals surface area contributed by atoms with Gasteiger partial charge < -0.3 is 10.2 Å². The number of rotatable bonds is 10. The summed E-state index contributed by atoms with van der Waals surface area (Å²) in [6, 6.07) is 1.38. The molecule has 7 nitrogen and oxygen atoms in total. The third kappa shape index (κ3) is 6.47. The molecule has 0 heterocycles. The minimum absolute atomic E-state index is 0.0840. The molecule has 0 bridgehead atoms. The molecule has 0 saturated heterocycles. The Labute approximate surface area is 196 Å². The van der Waals surface area contributed by atoms with Gasteiger partial charge in [0.15, 0.2) is 0 Å². The van der Waals surface area contributed by atoms with Crippen molar-refractivity contribution in [3.8, 4) is 11.5 Å². The number of carbonyl (C=O) groups is 2. The maximum Gasteiger partial charge on any atom is 0.268 e. The zero-order chi connectivity index (χ0) is 24.9. The second-order valence-electron chi connectivity index (χ2n) is 9.04. The summed E-state index contributed by atoms with van der Waals surface area (Å²) in [5.74, 6) is -2.73. The minimum atomic E-state index is -4.49. The molecule has 1 aromatic carbocycles. The molecule has 33 heavy (non-hydrogen) atoms. The number of allylic oxidation sites excluding steroid dienone is 3. The molecule has 1 aliphatic rings. The monoisotopic (exact) mass is 477 g/mol. The highest BCUT2D eigenvalue weighted by Gasteiger charge is 2.35. The average Bonchev–Trinajstić information content (AvgIpc) is 2.66. The number of hydrogen-bond acceptors (Lipinski definition) is 6. The first-order valence-corrected chi connectivity index (χ1v) is 12.8. The van der Waals surface area contributed by atoms with Gasteiger partial charge >= 0.3 is 0 Å². The van der Waals surface area contributed by atoms with Crippen LogP contribution in [0.25, 0.3) is 0 Å². The van der Waals surface area contributed by atoms with Crippen LogP contribution in [0.3, 0.4) is 0 Å². The van der Waals surface area contributed by atoms with Gasteiger partial charge in [-0.1, -0.05) is 43.6 Å². The fourth-order valence-corrected chi connectivity index (χ4v) is 5.80. The number of ketones is 1. The van der Waals surface area contributed by atoms with Gasteiger partial charge in [0.1, 0.15) is 22.2 Å². The molecular weight excluding hydrogens is 442 g/mol. The van der Waals surface area contributed by atoms with Crippen LogP contribution >= 0.6 is 0 Å². The molecule has 8 heteroatoms. The molecule has 3 N–H and O–H groups in total. The summed E-state index contributed by atoms with van der Waals surface area (Å²) in [6.45, 7) is 11.1. The van der Waals surface area contributed by atoms with Gasteiger partial charge in [0.2, 0.25) is 5.91 Å². The Hall–Kier alpha value is -2.61. The van der Waals surface area contributed by atoms with E-state index in [1.165, 1.54) is 13.0 Å². The van der Waals surface area contributed by atoms with Gasteiger partial charge in [-0.25, -0.2) is 13.1 Å². The molecule has 2 atom stereocenters. The van der Waals surface area contributed by atoms with Crippen molar-refractivity contribution in [1.82, 2.24) is 4.72 Å². The van der Waals surface area contributed by atoms with E-state index in [4.69, 9.17) is 0 Å². The van der Waals surface area contributed by atoms with Crippen LogP contribution in [0.2, 0.25) is 0 Å². The lowest BCUT2D eigenvalue weighted by molar-refractivity contribution is -0.126. The van der Waals surface area contributed by atoms with Crippen LogP contribution < -0.4 is 4.72 Å². The zero-order valence-corrected chi connectivity index (χ0v) is 20.7. The van der Waals surface area contributed by atoms with Crippen molar-refractivity contribution < 1.29 is 28.2 Å². The van der Waals surface area contributed by atoms with Crippen LogP contribution in [0.4, 0.5) is 0 Å². The summed E-state index contributed by atoms with van der Waals surface area (Å²) < 4.78 is 28.3. The van der Waals surface area contributed by atoms with E-state index < -0.39 is 44.7 Å². The fourth-order valence-electron chi connectivity index (χ4n) is 4.45. The number of Topliss-reactive ketones (excluding diaryl/α,β-unsaturated/α-hetero) is 1. The molecule has 0 aliphatic heterocycles. The number of amides is 1. The van der Waals surface area contributed by atoms with Crippen LogP contribution in [0.5, 0.6) is 11.5 Å². The van der Waals surface area contributed by atoms with Gasteiger partial charge in [-0.3, -0.25) is 9.59 Å². The Kier molecular flexibility index (Phi) is 8.89. The summed E-state index contributed by atoms with van der Waals surface area (Å²) in [5.41, 5.74) is 2.28. The zero-order valence-electron chi connectivity index (χ0n) is 19.9. The van der Waals surface area contributed by atoms with Gasteiger partial charge in [0, 0.05) is 11.5 Å². The SMILES string of the molecule is C=C(C)C1CCC(C)=CC1c1c(O)cc(CCCCC)c(S(=O)(=O)NC(=O)CC(C)=O)c1O. The Morgan fingerprint density at radius 3 is 2.45 bits per heavy atom. The van der Waals surface area contributed by atoms with Crippen molar-refractivity contribution in [1.29, 1.82) is 0 Å².